The molecule has 1 unspecified atom stereocenters. The highest BCUT2D eigenvalue weighted by molar-refractivity contribution is 5.74. The van der Waals surface area contributed by atoms with Gasteiger partial charge in [0.05, 0.1) is 17.4 Å². The van der Waals surface area contributed by atoms with E-state index in [-0.39, 0.29) is 12.1 Å². The zero-order valence-electron chi connectivity index (χ0n) is 18.2. The van der Waals surface area contributed by atoms with Crippen LogP contribution in [0.4, 0.5) is 4.79 Å². The molecule has 1 atom stereocenters. The van der Waals surface area contributed by atoms with Gasteiger partial charge in [-0.25, -0.2) is 4.79 Å². The standard InChI is InChI=1S/C23H37N3O2/c1-22(2,3)28-21(27)26-19(16-10-14-25-15-11-16)7-6-18(24)20(26)17-8-12-23(4,5)13-9-17/h6-8,16,19,25H,9-15,24H2,1-5H3. The molecular weight excluding hydrogens is 350 g/mol. The average molecular weight is 388 g/mol. The molecule has 5 heteroatoms. The van der Waals surface area contributed by atoms with Crippen LogP contribution >= 0.6 is 0 Å². The minimum atomic E-state index is -0.542. The Balaban J connectivity index is 1.97. The highest BCUT2D eigenvalue weighted by Crippen LogP contribution is 2.41. The molecule has 0 radical (unpaired) electrons. The van der Waals surface area contributed by atoms with Crippen LogP contribution in [0.2, 0.25) is 0 Å². The number of allylic oxidation sites excluding steroid dienone is 3. The Bertz CT molecular complexity index is 691. The van der Waals surface area contributed by atoms with Gasteiger partial charge in [-0.3, -0.25) is 4.90 Å². The Morgan fingerprint density at radius 3 is 2.54 bits per heavy atom. The highest BCUT2D eigenvalue weighted by atomic mass is 16.6. The lowest BCUT2D eigenvalue weighted by Crippen LogP contribution is -2.50. The number of carbonyl (C=O) groups is 1. The molecule has 0 spiro atoms. The molecule has 3 rings (SSSR count). The van der Waals surface area contributed by atoms with Crippen LogP contribution in [0.1, 0.15) is 66.7 Å². The van der Waals surface area contributed by atoms with Crippen molar-refractivity contribution in [3.8, 4) is 0 Å². The van der Waals surface area contributed by atoms with Crippen molar-refractivity contribution in [1.29, 1.82) is 0 Å². The molecule has 1 amide bonds. The Hall–Kier alpha value is -1.75. The Labute approximate surface area is 170 Å². The third kappa shape index (κ3) is 4.80. The summed E-state index contributed by atoms with van der Waals surface area (Å²) in [5, 5.41) is 3.42. The molecule has 0 aromatic rings. The zero-order valence-corrected chi connectivity index (χ0v) is 18.2. The molecule has 0 aromatic heterocycles. The molecule has 0 saturated carbocycles. The van der Waals surface area contributed by atoms with Crippen LogP contribution in [-0.2, 0) is 4.74 Å². The predicted octanol–water partition coefficient (Wildman–Crippen LogP) is 4.47. The van der Waals surface area contributed by atoms with Crippen molar-refractivity contribution in [3.63, 3.8) is 0 Å². The van der Waals surface area contributed by atoms with Crippen molar-refractivity contribution in [2.45, 2.75) is 78.4 Å². The van der Waals surface area contributed by atoms with E-state index in [1.165, 1.54) is 5.57 Å². The van der Waals surface area contributed by atoms with Crippen molar-refractivity contribution in [3.05, 3.63) is 35.2 Å². The van der Waals surface area contributed by atoms with E-state index in [0.29, 0.717) is 17.0 Å². The maximum absolute atomic E-state index is 13.3. The summed E-state index contributed by atoms with van der Waals surface area (Å²) in [6.07, 6.45) is 11.2. The summed E-state index contributed by atoms with van der Waals surface area (Å²) in [6, 6.07) is -0.00455. The van der Waals surface area contributed by atoms with Gasteiger partial charge in [0, 0.05) is 0 Å². The number of hydrogen-bond donors (Lipinski definition) is 2. The van der Waals surface area contributed by atoms with Gasteiger partial charge in [-0.2, -0.15) is 0 Å². The van der Waals surface area contributed by atoms with Gasteiger partial charge in [0.25, 0.3) is 0 Å². The van der Waals surface area contributed by atoms with Crippen molar-refractivity contribution in [2.75, 3.05) is 13.1 Å². The molecule has 0 aromatic carbocycles. The monoisotopic (exact) mass is 387 g/mol. The number of nitrogens with one attached hydrogen (secondary N) is 1. The lowest BCUT2D eigenvalue weighted by molar-refractivity contribution is 0.0213. The van der Waals surface area contributed by atoms with Gasteiger partial charge in [-0.1, -0.05) is 26.0 Å². The Kier molecular flexibility index (Phi) is 5.95. The van der Waals surface area contributed by atoms with Crippen LogP contribution in [0.25, 0.3) is 0 Å². The summed E-state index contributed by atoms with van der Waals surface area (Å²) in [4.78, 5) is 15.2. The van der Waals surface area contributed by atoms with E-state index < -0.39 is 5.60 Å². The first-order chi connectivity index (χ1) is 13.1. The molecule has 28 heavy (non-hydrogen) atoms. The molecule has 1 aliphatic carbocycles. The maximum atomic E-state index is 13.3. The number of nitrogens with two attached hydrogens (primary N) is 1. The average Bonchev–Trinajstić information content (AvgIpc) is 2.61. The van der Waals surface area contributed by atoms with Crippen LogP contribution in [0.15, 0.2) is 35.2 Å². The van der Waals surface area contributed by atoms with Gasteiger partial charge >= 0.3 is 6.09 Å². The molecule has 3 aliphatic rings. The second-order valence-electron chi connectivity index (χ2n) is 10.2. The highest BCUT2D eigenvalue weighted by Gasteiger charge is 2.39. The lowest BCUT2D eigenvalue weighted by atomic mass is 9.76. The number of ether oxygens (including phenoxy) is 1. The first-order valence-corrected chi connectivity index (χ1v) is 10.7. The smallest absolute Gasteiger partial charge is 0.415 e. The lowest BCUT2D eigenvalue weighted by Gasteiger charge is -2.42. The molecule has 1 saturated heterocycles. The van der Waals surface area contributed by atoms with Crippen LogP contribution in [0, 0.1) is 11.3 Å². The number of amides is 1. The predicted molar refractivity (Wildman–Crippen MR) is 114 cm³/mol. The topological polar surface area (TPSA) is 67.6 Å². The van der Waals surface area contributed by atoms with Gasteiger partial charge in [0.15, 0.2) is 0 Å². The van der Waals surface area contributed by atoms with E-state index in [9.17, 15) is 4.79 Å². The van der Waals surface area contributed by atoms with Gasteiger partial charge < -0.3 is 15.8 Å². The third-order valence-corrected chi connectivity index (χ3v) is 6.02. The first kappa shape index (κ1) is 21.0. The molecule has 1 fully saturated rings. The van der Waals surface area contributed by atoms with Crippen LogP contribution in [-0.4, -0.2) is 35.7 Å². The molecular formula is C23H37N3O2. The van der Waals surface area contributed by atoms with Crippen molar-refractivity contribution in [1.82, 2.24) is 10.2 Å². The minimum Gasteiger partial charge on any atom is -0.443 e. The van der Waals surface area contributed by atoms with Crippen LogP contribution < -0.4 is 11.1 Å². The van der Waals surface area contributed by atoms with Crippen LogP contribution in [0.3, 0.4) is 0 Å². The summed E-state index contributed by atoms with van der Waals surface area (Å²) in [7, 11) is 0. The second-order valence-corrected chi connectivity index (χ2v) is 10.2. The number of nitrogens with zero attached hydrogens (tertiary/aromatic N) is 1. The molecule has 2 aliphatic heterocycles. The van der Waals surface area contributed by atoms with E-state index >= 15 is 0 Å². The van der Waals surface area contributed by atoms with E-state index in [1.807, 2.05) is 31.7 Å². The van der Waals surface area contributed by atoms with E-state index in [4.69, 9.17) is 10.5 Å². The number of rotatable bonds is 2. The summed E-state index contributed by atoms with van der Waals surface area (Å²) < 4.78 is 5.83. The molecule has 3 N–H and O–H groups in total. The van der Waals surface area contributed by atoms with E-state index in [1.54, 1.807) is 0 Å². The number of carbonyl (C=O) groups excluding carboxylic acids is 1. The van der Waals surface area contributed by atoms with Crippen molar-refractivity contribution >= 4 is 6.09 Å². The van der Waals surface area contributed by atoms with E-state index in [0.717, 1.165) is 50.9 Å². The fourth-order valence-electron chi connectivity index (χ4n) is 4.37. The van der Waals surface area contributed by atoms with Gasteiger partial charge in [-0.15, -0.1) is 0 Å². The van der Waals surface area contributed by atoms with Gasteiger partial charge in [-0.05, 0) is 88.9 Å². The van der Waals surface area contributed by atoms with Crippen LogP contribution in [0.5, 0.6) is 0 Å². The minimum absolute atomic E-state index is 0.00455. The second kappa shape index (κ2) is 7.94. The van der Waals surface area contributed by atoms with Gasteiger partial charge in [0.1, 0.15) is 5.60 Å². The fraction of sp³-hybridized carbons (Fsp3) is 0.696. The zero-order chi connectivity index (χ0) is 20.5. The molecule has 2 heterocycles. The SMILES string of the molecule is CC1(C)CC=C(C2=C(N)C=CC(C3CCNCC3)N2C(=O)OC(C)(C)C)CC1. The molecule has 156 valence electrons. The molecule has 0 bridgehead atoms. The largest absolute Gasteiger partial charge is 0.443 e. The fourth-order valence-corrected chi connectivity index (χ4v) is 4.37. The normalized spacial score (nSPS) is 26.2. The van der Waals surface area contributed by atoms with E-state index in [2.05, 4.69) is 31.3 Å². The summed E-state index contributed by atoms with van der Waals surface area (Å²) in [5.41, 5.74) is 8.94. The quantitative estimate of drug-likeness (QED) is 0.734. The summed E-state index contributed by atoms with van der Waals surface area (Å²) in [5.74, 6) is 0.411. The van der Waals surface area contributed by atoms with Gasteiger partial charge in [0.2, 0.25) is 0 Å². The maximum Gasteiger partial charge on any atom is 0.415 e. The molecule has 5 nitrogen and oxygen atoms in total. The number of hydrogen-bond acceptors (Lipinski definition) is 4. The summed E-state index contributed by atoms with van der Waals surface area (Å²) >= 11 is 0. The Morgan fingerprint density at radius 2 is 1.96 bits per heavy atom. The summed E-state index contributed by atoms with van der Waals surface area (Å²) in [6.45, 7) is 12.3. The number of piperidine rings is 1. The van der Waals surface area contributed by atoms with Crippen molar-refractivity contribution in [2.24, 2.45) is 17.1 Å². The van der Waals surface area contributed by atoms with Crippen molar-refractivity contribution < 1.29 is 9.53 Å². The Morgan fingerprint density at radius 1 is 1.29 bits per heavy atom. The third-order valence-electron chi connectivity index (χ3n) is 6.02. The first-order valence-electron chi connectivity index (χ1n) is 10.7.